The molecule has 1 fully saturated rings. The van der Waals surface area contributed by atoms with Crippen molar-refractivity contribution in [2.24, 2.45) is 5.41 Å². The summed E-state index contributed by atoms with van der Waals surface area (Å²) in [6.45, 7) is 12.3. The highest BCUT2D eigenvalue weighted by molar-refractivity contribution is 5.40. The molecule has 0 unspecified atom stereocenters. The first kappa shape index (κ1) is 25.0. The molecule has 0 amide bonds. The largest absolute Gasteiger partial charge is 0.461 e. The summed E-state index contributed by atoms with van der Waals surface area (Å²) in [6, 6.07) is 4.70. The fourth-order valence-electron chi connectivity index (χ4n) is 4.69. The lowest BCUT2D eigenvalue weighted by Gasteiger charge is -2.17. The third-order valence-electron chi connectivity index (χ3n) is 6.98. The molecule has 170 valence electrons. The molecule has 30 heavy (non-hydrogen) atoms. The quantitative estimate of drug-likeness (QED) is 0.214. The molecule has 2 rings (SSSR count). The van der Waals surface area contributed by atoms with Gasteiger partial charge in [0.15, 0.2) is 0 Å². The number of aryl methyl sites for hydroxylation is 2. The third-order valence-corrected chi connectivity index (χ3v) is 6.98. The highest BCUT2D eigenvalue weighted by Gasteiger charge is 2.44. The molecule has 1 aliphatic carbocycles. The molecule has 0 atom stereocenters. The van der Waals surface area contributed by atoms with Gasteiger partial charge < -0.3 is 4.74 Å². The van der Waals surface area contributed by atoms with Crippen LogP contribution in [0.25, 0.3) is 0 Å². The van der Waals surface area contributed by atoms with Crippen molar-refractivity contribution in [2.45, 2.75) is 130 Å². The Morgan fingerprint density at radius 1 is 0.900 bits per heavy atom. The lowest BCUT2D eigenvalue weighted by Crippen LogP contribution is -2.12. The molecule has 0 N–H and O–H groups in total. The molecule has 0 aromatic heterocycles. The Bertz CT molecular complexity index is 649. The van der Waals surface area contributed by atoms with Crippen LogP contribution in [0, 0.1) is 19.3 Å². The van der Waals surface area contributed by atoms with E-state index in [0.717, 1.165) is 19.3 Å². The average molecular weight is 415 g/mol. The Morgan fingerprint density at radius 3 is 2.17 bits per heavy atom. The van der Waals surface area contributed by atoms with Gasteiger partial charge in [0.2, 0.25) is 0 Å². The monoisotopic (exact) mass is 414 g/mol. The summed E-state index contributed by atoms with van der Waals surface area (Å²) >= 11 is 0. The molecule has 2 nitrogen and oxygen atoms in total. The summed E-state index contributed by atoms with van der Waals surface area (Å²) < 4.78 is 5.25. The number of hydrogen-bond acceptors (Lipinski definition) is 2. The maximum atomic E-state index is 10.6. The van der Waals surface area contributed by atoms with Crippen molar-refractivity contribution in [1.29, 1.82) is 0 Å². The van der Waals surface area contributed by atoms with E-state index in [-0.39, 0.29) is 5.60 Å². The number of ether oxygens (including phenoxy) is 1. The highest BCUT2D eigenvalue weighted by Crippen LogP contribution is 2.43. The molecule has 0 spiro atoms. The zero-order valence-corrected chi connectivity index (χ0v) is 20.4. The minimum atomic E-state index is -0.0734. The summed E-state index contributed by atoms with van der Waals surface area (Å²) in [5.41, 5.74) is 6.55. The van der Waals surface area contributed by atoms with Gasteiger partial charge in [-0.1, -0.05) is 65.0 Å². The number of carbonyl (C=O) groups is 1. The standard InChI is InChI=1S/C28H46O2/c1-23-16-17-25(14-10-6-8-12-18-27(3,4)5)24(2)26(23)15-11-7-9-13-19-28(20-21-28)30-22-29/h16-17,22H,6-15,18-21H2,1-5H3. The number of carbonyl (C=O) groups excluding carboxylic acids is 1. The Balaban J connectivity index is 1.67. The molecule has 0 bridgehead atoms. The first-order valence-electron chi connectivity index (χ1n) is 12.5. The fourth-order valence-corrected chi connectivity index (χ4v) is 4.69. The van der Waals surface area contributed by atoms with Crippen molar-refractivity contribution in [3.8, 4) is 0 Å². The van der Waals surface area contributed by atoms with Gasteiger partial charge in [0.05, 0.1) is 0 Å². The summed E-state index contributed by atoms with van der Waals surface area (Å²) in [5, 5.41) is 0. The van der Waals surface area contributed by atoms with Crippen LogP contribution >= 0.6 is 0 Å². The normalized spacial score (nSPS) is 15.2. The molecule has 1 aromatic rings. The topological polar surface area (TPSA) is 26.3 Å². The zero-order chi connectivity index (χ0) is 22.0. The van der Waals surface area contributed by atoms with Gasteiger partial charge in [0.25, 0.3) is 6.47 Å². The van der Waals surface area contributed by atoms with Crippen LogP contribution < -0.4 is 0 Å². The van der Waals surface area contributed by atoms with Crippen LogP contribution in [0.3, 0.4) is 0 Å². The van der Waals surface area contributed by atoms with Crippen LogP contribution in [-0.2, 0) is 22.4 Å². The van der Waals surface area contributed by atoms with Crippen molar-refractivity contribution < 1.29 is 9.53 Å². The van der Waals surface area contributed by atoms with E-state index in [1.807, 2.05) is 0 Å². The molecule has 1 saturated carbocycles. The zero-order valence-electron chi connectivity index (χ0n) is 20.4. The van der Waals surface area contributed by atoms with Gasteiger partial charge in [-0.15, -0.1) is 0 Å². The van der Waals surface area contributed by atoms with Crippen molar-refractivity contribution in [3.05, 3.63) is 34.4 Å². The molecule has 1 aromatic carbocycles. The molecule has 0 saturated heterocycles. The van der Waals surface area contributed by atoms with E-state index >= 15 is 0 Å². The number of benzene rings is 1. The lowest BCUT2D eigenvalue weighted by atomic mass is 9.88. The summed E-state index contributed by atoms with van der Waals surface area (Å²) in [4.78, 5) is 10.6. The van der Waals surface area contributed by atoms with Crippen molar-refractivity contribution in [3.63, 3.8) is 0 Å². The molecule has 0 aliphatic heterocycles. The van der Waals surface area contributed by atoms with Crippen LogP contribution in [0.15, 0.2) is 12.1 Å². The van der Waals surface area contributed by atoms with Gasteiger partial charge in [-0.3, -0.25) is 4.79 Å². The maximum absolute atomic E-state index is 10.6. The second-order valence-electron chi connectivity index (χ2n) is 10.9. The van der Waals surface area contributed by atoms with Crippen molar-refractivity contribution in [1.82, 2.24) is 0 Å². The molecule has 0 radical (unpaired) electrons. The SMILES string of the molecule is Cc1ccc(CCCCCCC(C)(C)C)c(C)c1CCCCCCC1(OC=O)CC1. The first-order chi connectivity index (χ1) is 14.3. The highest BCUT2D eigenvalue weighted by atomic mass is 16.5. The van der Waals surface area contributed by atoms with Gasteiger partial charge in [-0.2, -0.15) is 0 Å². The molecular weight excluding hydrogens is 368 g/mol. The minimum Gasteiger partial charge on any atom is -0.461 e. The van der Waals surface area contributed by atoms with Crippen LogP contribution in [0.2, 0.25) is 0 Å². The Hall–Kier alpha value is -1.31. The summed E-state index contributed by atoms with van der Waals surface area (Å²) in [5.74, 6) is 0. The van der Waals surface area contributed by atoms with E-state index in [1.54, 1.807) is 16.7 Å². The van der Waals surface area contributed by atoms with Gasteiger partial charge in [-0.25, -0.2) is 0 Å². The molecule has 2 heteroatoms. The Morgan fingerprint density at radius 2 is 1.53 bits per heavy atom. The van der Waals surface area contributed by atoms with E-state index in [9.17, 15) is 4.79 Å². The second kappa shape index (κ2) is 11.9. The Labute approximate surface area is 186 Å². The Kier molecular flexibility index (Phi) is 9.91. The first-order valence-corrected chi connectivity index (χ1v) is 12.5. The molecular formula is C28H46O2. The van der Waals surface area contributed by atoms with Gasteiger partial charge >= 0.3 is 0 Å². The van der Waals surface area contributed by atoms with E-state index < -0.39 is 0 Å². The second-order valence-corrected chi connectivity index (χ2v) is 10.9. The van der Waals surface area contributed by atoms with E-state index in [1.165, 1.54) is 76.2 Å². The number of rotatable bonds is 15. The van der Waals surface area contributed by atoms with Crippen LogP contribution in [0.4, 0.5) is 0 Å². The van der Waals surface area contributed by atoms with E-state index in [0.29, 0.717) is 11.9 Å². The van der Waals surface area contributed by atoms with Crippen molar-refractivity contribution in [2.75, 3.05) is 0 Å². The van der Waals surface area contributed by atoms with Gasteiger partial charge in [-0.05, 0) is 99.3 Å². The average Bonchev–Trinajstić information content (AvgIpc) is 3.43. The summed E-state index contributed by atoms with van der Waals surface area (Å²) in [7, 11) is 0. The van der Waals surface area contributed by atoms with Gasteiger partial charge in [0, 0.05) is 0 Å². The molecule has 0 heterocycles. The van der Waals surface area contributed by atoms with E-state index in [2.05, 4.69) is 46.8 Å². The molecule has 1 aliphatic rings. The predicted molar refractivity (Wildman–Crippen MR) is 128 cm³/mol. The van der Waals surface area contributed by atoms with Crippen LogP contribution in [0.5, 0.6) is 0 Å². The van der Waals surface area contributed by atoms with Crippen LogP contribution in [0.1, 0.15) is 120 Å². The van der Waals surface area contributed by atoms with Crippen molar-refractivity contribution >= 4 is 6.47 Å². The summed E-state index contributed by atoms with van der Waals surface area (Å²) in [6.07, 6.45) is 17.3. The number of unbranched alkanes of at least 4 members (excludes halogenated alkanes) is 6. The predicted octanol–water partition coefficient (Wildman–Crippen LogP) is 8.04. The number of hydrogen-bond donors (Lipinski definition) is 0. The lowest BCUT2D eigenvalue weighted by molar-refractivity contribution is -0.135. The minimum absolute atomic E-state index is 0.0734. The van der Waals surface area contributed by atoms with Crippen LogP contribution in [-0.4, -0.2) is 12.1 Å². The fraction of sp³-hybridized carbons (Fsp3) is 0.750. The van der Waals surface area contributed by atoms with E-state index in [4.69, 9.17) is 4.74 Å². The van der Waals surface area contributed by atoms with Gasteiger partial charge in [0.1, 0.15) is 5.60 Å². The smallest absolute Gasteiger partial charge is 0.293 e. The third kappa shape index (κ3) is 8.82. The maximum Gasteiger partial charge on any atom is 0.293 e.